The van der Waals surface area contributed by atoms with Gasteiger partial charge in [0.15, 0.2) is 0 Å². The molecule has 1 atom stereocenters. The summed E-state index contributed by atoms with van der Waals surface area (Å²) in [5.74, 6) is 0.580. The summed E-state index contributed by atoms with van der Waals surface area (Å²) in [4.78, 5) is 2.53. The lowest BCUT2D eigenvalue weighted by Gasteiger charge is -2.26. The van der Waals surface area contributed by atoms with Gasteiger partial charge in [0.1, 0.15) is 0 Å². The Balaban J connectivity index is 2.65. The third-order valence-electron chi connectivity index (χ3n) is 3.69. The first-order chi connectivity index (χ1) is 9.08. The molecule has 0 aliphatic carbocycles. The van der Waals surface area contributed by atoms with Crippen LogP contribution in [-0.2, 0) is 6.54 Å². The van der Waals surface area contributed by atoms with Crippen molar-refractivity contribution in [3.63, 3.8) is 0 Å². The third-order valence-corrected chi connectivity index (χ3v) is 3.69. The zero-order valence-corrected chi connectivity index (χ0v) is 13.2. The maximum Gasteiger partial charge on any atom is 0.0236 e. The quantitative estimate of drug-likeness (QED) is 0.769. The van der Waals surface area contributed by atoms with Crippen LogP contribution in [0.2, 0.25) is 0 Å². The molecule has 0 aromatic heterocycles. The summed E-state index contributed by atoms with van der Waals surface area (Å²) in [5.41, 5.74) is 2.84. The van der Waals surface area contributed by atoms with E-state index in [2.05, 4.69) is 62.2 Å². The molecule has 2 nitrogen and oxygen atoms in total. The van der Waals surface area contributed by atoms with Gasteiger partial charge in [-0.15, -0.1) is 0 Å². The summed E-state index contributed by atoms with van der Waals surface area (Å²) in [6.45, 7) is 12.3. The summed E-state index contributed by atoms with van der Waals surface area (Å²) in [7, 11) is 2.01. The zero-order valence-electron chi connectivity index (χ0n) is 13.2. The van der Waals surface area contributed by atoms with Crippen molar-refractivity contribution < 1.29 is 0 Å². The molecule has 0 fully saturated rings. The number of hydrogen-bond donors (Lipinski definition) is 1. The predicted octanol–water partition coefficient (Wildman–Crippen LogP) is 3.63. The number of nitrogens with one attached hydrogen (secondary N) is 1. The van der Waals surface area contributed by atoms with E-state index in [1.54, 1.807) is 0 Å². The van der Waals surface area contributed by atoms with E-state index in [1.165, 1.54) is 24.1 Å². The lowest BCUT2D eigenvalue weighted by molar-refractivity contribution is 0.213. The van der Waals surface area contributed by atoms with Crippen LogP contribution in [0.4, 0.5) is 0 Å². The van der Waals surface area contributed by atoms with E-state index < -0.39 is 0 Å². The van der Waals surface area contributed by atoms with Crippen molar-refractivity contribution in [3.8, 4) is 0 Å². The van der Waals surface area contributed by atoms with Crippen molar-refractivity contribution in [2.24, 2.45) is 0 Å². The molecule has 0 aliphatic heterocycles. The number of hydrogen-bond acceptors (Lipinski definition) is 2. The van der Waals surface area contributed by atoms with Gasteiger partial charge in [0.05, 0.1) is 0 Å². The van der Waals surface area contributed by atoms with Crippen LogP contribution in [0.5, 0.6) is 0 Å². The van der Waals surface area contributed by atoms with E-state index >= 15 is 0 Å². The van der Waals surface area contributed by atoms with Crippen LogP contribution in [0.3, 0.4) is 0 Å². The summed E-state index contributed by atoms with van der Waals surface area (Å²) >= 11 is 0. The number of rotatable bonds is 8. The Labute approximate surface area is 119 Å². The Morgan fingerprint density at radius 2 is 1.74 bits per heavy atom. The first kappa shape index (κ1) is 16.2. The van der Waals surface area contributed by atoms with Crippen LogP contribution in [-0.4, -0.2) is 31.1 Å². The Morgan fingerprint density at radius 3 is 2.21 bits per heavy atom. The van der Waals surface area contributed by atoms with Gasteiger partial charge in [-0.1, -0.05) is 38.1 Å². The van der Waals surface area contributed by atoms with E-state index in [0.717, 1.165) is 13.1 Å². The predicted molar refractivity (Wildman–Crippen MR) is 84.6 cm³/mol. The molecule has 0 amide bonds. The molecular formula is C17H30N2. The van der Waals surface area contributed by atoms with Crippen LogP contribution in [0, 0.1) is 0 Å². The molecule has 0 heterocycles. The van der Waals surface area contributed by atoms with Gasteiger partial charge >= 0.3 is 0 Å². The smallest absolute Gasteiger partial charge is 0.0236 e. The maximum absolute atomic E-state index is 3.24. The lowest BCUT2D eigenvalue weighted by Crippen LogP contribution is -2.31. The summed E-state index contributed by atoms with van der Waals surface area (Å²) < 4.78 is 0. The van der Waals surface area contributed by atoms with Gasteiger partial charge in [-0.2, -0.15) is 0 Å². The topological polar surface area (TPSA) is 15.3 Å². The second kappa shape index (κ2) is 8.34. The molecule has 1 aromatic rings. The third kappa shape index (κ3) is 5.33. The van der Waals surface area contributed by atoms with Gasteiger partial charge in [-0.05, 0) is 50.9 Å². The van der Waals surface area contributed by atoms with Crippen molar-refractivity contribution in [2.45, 2.75) is 52.6 Å². The summed E-state index contributed by atoms with van der Waals surface area (Å²) in [5, 5.41) is 3.24. The average molecular weight is 262 g/mol. The number of nitrogens with zero attached hydrogens (tertiary/aromatic N) is 1. The molecule has 1 N–H and O–H groups in total. The minimum Gasteiger partial charge on any atom is -0.319 e. The van der Waals surface area contributed by atoms with E-state index in [0.29, 0.717) is 12.0 Å². The molecule has 0 radical (unpaired) electrons. The molecule has 0 spiro atoms. The SMILES string of the molecule is CCCN(Cc1ccc(C(C)CNC)cc1)C(C)C. The molecule has 19 heavy (non-hydrogen) atoms. The van der Waals surface area contributed by atoms with Crippen LogP contribution in [0.25, 0.3) is 0 Å². The highest BCUT2D eigenvalue weighted by Gasteiger charge is 2.09. The molecule has 0 saturated carbocycles. The Kier molecular flexibility index (Phi) is 7.11. The fourth-order valence-corrected chi connectivity index (χ4v) is 2.42. The molecule has 0 saturated heterocycles. The first-order valence-electron chi connectivity index (χ1n) is 7.56. The van der Waals surface area contributed by atoms with E-state index in [1.807, 2.05) is 7.05 Å². The van der Waals surface area contributed by atoms with Crippen molar-refractivity contribution >= 4 is 0 Å². The molecule has 1 unspecified atom stereocenters. The van der Waals surface area contributed by atoms with Crippen LogP contribution in [0.15, 0.2) is 24.3 Å². The Bertz CT molecular complexity index is 343. The molecule has 1 rings (SSSR count). The standard InChI is InChI=1S/C17H30N2/c1-6-11-19(14(2)3)13-16-7-9-17(10-8-16)15(4)12-18-5/h7-10,14-15,18H,6,11-13H2,1-5H3. The van der Waals surface area contributed by atoms with Gasteiger partial charge in [-0.25, -0.2) is 0 Å². The first-order valence-corrected chi connectivity index (χ1v) is 7.56. The second-order valence-corrected chi connectivity index (χ2v) is 5.76. The Morgan fingerprint density at radius 1 is 1.11 bits per heavy atom. The average Bonchev–Trinajstić information content (AvgIpc) is 2.39. The van der Waals surface area contributed by atoms with Crippen molar-refractivity contribution in [1.82, 2.24) is 10.2 Å². The van der Waals surface area contributed by atoms with Crippen molar-refractivity contribution in [2.75, 3.05) is 20.1 Å². The van der Waals surface area contributed by atoms with E-state index in [-0.39, 0.29) is 0 Å². The Hall–Kier alpha value is -0.860. The molecular weight excluding hydrogens is 232 g/mol. The minimum absolute atomic E-state index is 0.580. The summed E-state index contributed by atoms with van der Waals surface area (Å²) in [6.07, 6.45) is 1.22. The maximum atomic E-state index is 3.24. The second-order valence-electron chi connectivity index (χ2n) is 5.76. The molecule has 0 bridgehead atoms. The van der Waals surface area contributed by atoms with Gasteiger partial charge in [0, 0.05) is 19.1 Å². The molecule has 108 valence electrons. The van der Waals surface area contributed by atoms with Gasteiger partial charge in [0.25, 0.3) is 0 Å². The van der Waals surface area contributed by atoms with Crippen LogP contribution >= 0.6 is 0 Å². The number of likely N-dealkylation sites (N-methyl/N-ethyl adjacent to an activating group) is 1. The monoisotopic (exact) mass is 262 g/mol. The van der Waals surface area contributed by atoms with Crippen LogP contribution < -0.4 is 5.32 Å². The van der Waals surface area contributed by atoms with Crippen LogP contribution in [0.1, 0.15) is 51.2 Å². The highest BCUT2D eigenvalue weighted by molar-refractivity contribution is 5.25. The molecule has 2 heteroatoms. The summed E-state index contributed by atoms with van der Waals surface area (Å²) in [6, 6.07) is 9.74. The molecule has 0 aliphatic rings. The van der Waals surface area contributed by atoms with Gasteiger partial charge < -0.3 is 5.32 Å². The largest absolute Gasteiger partial charge is 0.319 e. The fraction of sp³-hybridized carbons (Fsp3) is 0.647. The van der Waals surface area contributed by atoms with E-state index in [9.17, 15) is 0 Å². The van der Waals surface area contributed by atoms with Crippen molar-refractivity contribution in [3.05, 3.63) is 35.4 Å². The fourth-order valence-electron chi connectivity index (χ4n) is 2.42. The van der Waals surface area contributed by atoms with E-state index in [4.69, 9.17) is 0 Å². The highest BCUT2D eigenvalue weighted by atomic mass is 15.1. The van der Waals surface area contributed by atoms with Gasteiger partial charge in [-0.3, -0.25) is 4.90 Å². The highest BCUT2D eigenvalue weighted by Crippen LogP contribution is 2.16. The normalized spacial score (nSPS) is 13.2. The lowest BCUT2D eigenvalue weighted by atomic mass is 9.99. The number of benzene rings is 1. The minimum atomic E-state index is 0.580. The zero-order chi connectivity index (χ0) is 14.3. The molecule has 1 aromatic carbocycles. The van der Waals surface area contributed by atoms with Crippen molar-refractivity contribution in [1.29, 1.82) is 0 Å². The van der Waals surface area contributed by atoms with Gasteiger partial charge in [0.2, 0.25) is 0 Å².